The molecule has 0 aliphatic rings. The monoisotopic (exact) mass is 356 g/mol. The van der Waals surface area contributed by atoms with Crippen LogP contribution in [0.5, 0.6) is 0 Å². The molecule has 20 heavy (non-hydrogen) atoms. The number of H-pyrrole nitrogens is 1. The Kier molecular flexibility index (Phi) is 4.34. The van der Waals surface area contributed by atoms with Crippen LogP contribution in [0.1, 0.15) is 13.8 Å². The number of aromatic nitrogens is 3. The molecule has 0 amide bonds. The summed E-state index contributed by atoms with van der Waals surface area (Å²) in [7, 11) is 0. The lowest BCUT2D eigenvalue weighted by Crippen LogP contribution is -2.06. The van der Waals surface area contributed by atoms with Crippen LogP contribution in [-0.4, -0.2) is 19.7 Å². The lowest BCUT2D eigenvalue weighted by Gasteiger charge is -2.09. The van der Waals surface area contributed by atoms with Gasteiger partial charge in [0.25, 0.3) is 5.69 Å². The van der Waals surface area contributed by atoms with Crippen LogP contribution in [0.3, 0.4) is 0 Å². The molecule has 0 aliphatic carbocycles. The normalized spacial score (nSPS) is 11.0. The van der Waals surface area contributed by atoms with Gasteiger partial charge in [0.2, 0.25) is 0 Å². The number of non-ortho nitro benzene ring substituents is 1. The van der Waals surface area contributed by atoms with Crippen molar-refractivity contribution in [3.8, 4) is 11.4 Å². The average Bonchev–Trinajstić information content (AvgIpc) is 2.69. The number of hydrogen-bond acceptors (Lipinski definition) is 4. The summed E-state index contributed by atoms with van der Waals surface area (Å²) in [6.45, 7) is 4.84. The first-order valence-corrected chi connectivity index (χ1v) is 7.19. The van der Waals surface area contributed by atoms with E-state index < -0.39 is 4.92 Å². The van der Waals surface area contributed by atoms with Crippen molar-refractivity contribution in [2.24, 2.45) is 5.92 Å². The number of aromatic amines is 1. The van der Waals surface area contributed by atoms with Gasteiger partial charge < -0.3 is 0 Å². The molecule has 0 unspecified atom stereocenters. The van der Waals surface area contributed by atoms with E-state index in [9.17, 15) is 10.1 Å². The molecule has 0 bridgehead atoms. The number of nitrogens with zero attached hydrogens (tertiary/aromatic N) is 3. The first-order valence-electron chi connectivity index (χ1n) is 5.99. The van der Waals surface area contributed by atoms with E-state index in [2.05, 4.69) is 40.0 Å². The van der Waals surface area contributed by atoms with E-state index in [1.807, 2.05) is 4.57 Å². The average molecular weight is 357 g/mol. The van der Waals surface area contributed by atoms with Gasteiger partial charge in [0.15, 0.2) is 10.6 Å². The Morgan fingerprint density at radius 2 is 2.20 bits per heavy atom. The number of nitro benzene ring substituents is 1. The second kappa shape index (κ2) is 5.84. The molecule has 0 atom stereocenters. The molecule has 1 aromatic heterocycles. The Labute approximate surface area is 129 Å². The predicted molar refractivity (Wildman–Crippen MR) is 82.0 cm³/mol. The molecule has 0 saturated heterocycles. The fraction of sp³-hybridized carbons (Fsp3) is 0.333. The lowest BCUT2D eigenvalue weighted by atomic mass is 10.1. The molecule has 1 heterocycles. The molecule has 1 N–H and O–H groups in total. The van der Waals surface area contributed by atoms with Gasteiger partial charge in [-0.05, 0) is 24.2 Å². The Bertz CT molecular complexity index is 708. The maximum Gasteiger partial charge on any atom is 0.271 e. The molecule has 0 spiro atoms. The van der Waals surface area contributed by atoms with E-state index in [4.69, 9.17) is 12.2 Å². The van der Waals surface area contributed by atoms with Crippen LogP contribution in [0.4, 0.5) is 5.69 Å². The van der Waals surface area contributed by atoms with Crippen LogP contribution < -0.4 is 0 Å². The summed E-state index contributed by atoms with van der Waals surface area (Å²) in [6, 6.07) is 4.73. The van der Waals surface area contributed by atoms with Crippen molar-refractivity contribution >= 4 is 33.8 Å². The number of nitrogens with one attached hydrogen (secondary N) is 1. The van der Waals surface area contributed by atoms with E-state index in [0.29, 0.717) is 33.1 Å². The molecule has 0 saturated carbocycles. The summed E-state index contributed by atoms with van der Waals surface area (Å²) in [6.07, 6.45) is 0. The van der Waals surface area contributed by atoms with Crippen LogP contribution >= 0.6 is 28.1 Å². The molecule has 2 rings (SSSR count). The fourth-order valence-electron chi connectivity index (χ4n) is 1.88. The van der Waals surface area contributed by atoms with Crippen molar-refractivity contribution < 1.29 is 4.92 Å². The van der Waals surface area contributed by atoms with Crippen molar-refractivity contribution in [3.05, 3.63) is 37.6 Å². The first kappa shape index (κ1) is 14.9. The SMILES string of the molecule is CC(C)Cn1c(-c2cc(Br)cc([N+](=O)[O-])c2)n[nH]c1=S. The number of hydrogen-bond donors (Lipinski definition) is 1. The Morgan fingerprint density at radius 3 is 2.80 bits per heavy atom. The topological polar surface area (TPSA) is 76.8 Å². The van der Waals surface area contributed by atoms with Gasteiger partial charge in [-0.25, -0.2) is 0 Å². The summed E-state index contributed by atoms with van der Waals surface area (Å²) in [5.41, 5.74) is 0.665. The molecule has 6 nitrogen and oxygen atoms in total. The maximum absolute atomic E-state index is 10.9. The fourth-order valence-corrected chi connectivity index (χ4v) is 2.57. The van der Waals surface area contributed by atoms with Gasteiger partial charge in [-0.3, -0.25) is 19.8 Å². The summed E-state index contributed by atoms with van der Waals surface area (Å²) in [5, 5.41) is 17.9. The van der Waals surface area contributed by atoms with Crippen molar-refractivity contribution in [1.29, 1.82) is 0 Å². The van der Waals surface area contributed by atoms with E-state index in [0.717, 1.165) is 0 Å². The van der Waals surface area contributed by atoms with Gasteiger partial charge in [0.1, 0.15) is 0 Å². The van der Waals surface area contributed by atoms with Crippen molar-refractivity contribution in [2.75, 3.05) is 0 Å². The van der Waals surface area contributed by atoms with Crippen LogP contribution in [-0.2, 0) is 6.54 Å². The molecular weight excluding hydrogens is 344 g/mol. The minimum absolute atomic E-state index is 0.0133. The summed E-state index contributed by atoms with van der Waals surface area (Å²) < 4.78 is 2.99. The molecule has 0 radical (unpaired) electrons. The smallest absolute Gasteiger partial charge is 0.271 e. The number of benzene rings is 1. The zero-order valence-electron chi connectivity index (χ0n) is 11.0. The minimum Gasteiger partial charge on any atom is -0.300 e. The molecule has 1 aromatic carbocycles. The Balaban J connectivity index is 2.57. The lowest BCUT2D eigenvalue weighted by molar-refractivity contribution is -0.384. The van der Waals surface area contributed by atoms with Gasteiger partial charge in [0, 0.05) is 28.7 Å². The van der Waals surface area contributed by atoms with E-state index in [1.165, 1.54) is 12.1 Å². The third-order valence-corrected chi connectivity index (χ3v) is 3.43. The van der Waals surface area contributed by atoms with Crippen LogP contribution in [0.25, 0.3) is 11.4 Å². The van der Waals surface area contributed by atoms with Gasteiger partial charge in [-0.1, -0.05) is 29.8 Å². The quantitative estimate of drug-likeness (QED) is 0.511. The highest BCUT2D eigenvalue weighted by Gasteiger charge is 2.15. The summed E-state index contributed by atoms with van der Waals surface area (Å²) in [4.78, 5) is 10.5. The van der Waals surface area contributed by atoms with E-state index in [-0.39, 0.29) is 5.69 Å². The molecular formula is C12H13BrN4O2S. The molecule has 8 heteroatoms. The predicted octanol–water partition coefficient (Wildman–Crippen LogP) is 3.93. The highest BCUT2D eigenvalue weighted by molar-refractivity contribution is 9.10. The number of rotatable bonds is 4. The largest absolute Gasteiger partial charge is 0.300 e. The van der Waals surface area contributed by atoms with Crippen LogP contribution in [0.2, 0.25) is 0 Å². The minimum atomic E-state index is -0.428. The van der Waals surface area contributed by atoms with Gasteiger partial charge >= 0.3 is 0 Å². The van der Waals surface area contributed by atoms with Crippen LogP contribution in [0.15, 0.2) is 22.7 Å². The van der Waals surface area contributed by atoms with Crippen LogP contribution in [0, 0.1) is 20.8 Å². The third-order valence-electron chi connectivity index (χ3n) is 2.66. The van der Waals surface area contributed by atoms with Gasteiger partial charge in [0.05, 0.1) is 4.92 Å². The molecule has 0 aliphatic heterocycles. The standard InChI is InChI=1S/C12H13BrN4O2S/c1-7(2)6-16-11(14-15-12(16)20)8-3-9(13)5-10(4-8)17(18)19/h3-5,7H,6H2,1-2H3,(H,15,20). The molecule has 106 valence electrons. The Hall–Kier alpha value is -1.54. The maximum atomic E-state index is 10.9. The van der Waals surface area contributed by atoms with Crippen molar-refractivity contribution in [1.82, 2.24) is 14.8 Å². The highest BCUT2D eigenvalue weighted by Crippen LogP contribution is 2.28. The van der Waals surface area contributed by atoms with Crippen molar-refractivity contribution in [2.45, 2.75) is 20.4 Å². The zero-order chi connectivity index (χ0) is 14.9. The van der Waals surface area contributed by atoms with Gasteiger partial charge in [-0.15, -0.1) is 0 Å². The van der Waals surface area contributed by atoms with Crippen molar-refractivity contribution in [3.63, 3.8) is 0 Å². The number of nitro groups is 1. The first-order chi connectivity index (χ1) is 9.38. The Morgan fingerprint density at radius 1 is 1.50 bits per heavy atom. The highest BCUT2D eigenvalue weighted by atomic mass is 79.9. The summed E-state index contributed by atoms with van der Waals surface area (Å²) in [5.74, 6) is 0.994. The third kappa shape index (κ3) is 3.13. The number of halogens is 1. The van der Waals surface area contributed by atoms with E-state index in [1.54, 1.807) is 6.07 Å². The second-order valence-corrected chi connectivity index (χ2v) is 6.11. The molecule has 0 fully saturated rings. The summed E-state index contributed by atoms with van der Waals surface area (Å²) >= 11 is 8.49. The second-order valence-electron chi connectivity index (χ2n) is 4.81. The zero-order valence-corrected chi connectivity index (χ0v) is 13.4. The van der Waals surface area contributed by atoms with E-state index >= 15 is 0 Å². The molecule has 2 aromatic rings. The van der Waals surface area contributed by atoms with Gasteiger partial charge in [-0.2, -0.15) is 5.10 Å².